The van der Waals surface area contributed by atoms with Crippen LogP contribution in [0.2, 0.25) is 0 Å². The highest BCUT2D eigenvalue weighted by atomic mass is 32.2. The van der Waals surface area contributed by atoms with Crippen LogP contribution < -0.4 is 0 Å². The van der Waals surface area contributed by atoms with E-state index in [0.29, 0.717) is 0 Å². The third-order valence-electron chi connectivity index (χ3n) is 2.04. The average molecular weight is 232 g/mol. The first-order valence-electron chi connectivity index (χ1n) is 4.76. The summed E-state index contributed by atoms with van der Waals surface area (Å²) in [4.78, 5) is 17.3. The van der Waals surface area contributed by atoms with Crippen molar-refractivity contribution in [3.63, 3.8) is 0 Å². The molecule has 0 amide bonds. The van der Waals surface area contributed by atoms with Crippen molar-refractivity contribution in [3.8, 4) is 0 Å². The summed E-state index contributed by atoms with van der Waals surface area (Å²) in [6, 6.07) is 0. The van der Waals surface area contributed by atoms with Gasteiger partial charge in [0, 0.05) is 13.1 Å². The van der Waals surface area contributed by atoms with Gasteiger partial charge in [-0.2, -0.15) is 0 Å². The van der Waals surface area contributed by atoms with Crippen molar-refractivity contribution in [2.75, 3.05) is 46.2 Å². The van der Waals surface area contributed by atoms with Crippen LogP contribution in [0.4, 0.5) is 0 Å². The van der Waals surface area contributed by atoms with Crippen LogP contribution in [0.3, 0.4) is 0 Å². The van der Waals surface area contributed by atoms with Gasteiger partial charge in [-0.1, -0.05) is 11.8 Å². The van der Waals surface area contributed by atoms with E-state index in [4.69, 9.17) is 4.74 Å². The minimum atomic E-state index is -0.310. The van der Waals surface area contributed by atoms with E-state index in [1.165, 1.54) is 7.11 Å². The first-order chi connectivity index (χ1) is 7.27. The monoisotopic (exact) mass is 232 g/mol. The van der Waals surface area contributed by atoms with Crippen LogP contribution in [0.1, 0.15) is 0 Å². The molecule has 0 atom stereocenters. The highest BCUT2D eigenvalue weighted by Crippen LogP contribution is 2.08. The molecule has 0 aliphatic carbocycles. The van der Waals surface area contributed by atoms with Gasteiger partial charge in [-0.25, -0.2) is 0 Å². The smallest absolute Gasteiger partial charge is 0.327 e. The Hall–Kier alpha value is -0.750. The third kappa shape index (κ3) is 4.09. The van der Waals surface area contributed by atoms with Gasteiger partial charge < -0.3 is 14.4 Å². The van der Waals surface area contributed by atoms with Crippen LogP contribution in [0.15, 0.2) is 4.99 Å². The summed E-state index contributed by atoms with van der Waals surface area (Å²) in [5, 5.41) is 0.878. The molecule has 86 valence electrons. The van der Waals surface area contributed by atoms with Gasteiger partial charge in [-0.05, 0) is 6.26 Å². The standard InChI is InChI=1S/C9H16N2O3S/c1-13-8(12)7-10-9(15-2)11-3-5-14-6-4-11/h3-7H2,1-2H3. The maximum absolute atomic E-state index is 10.9. The van der Waals surface area contributed by atoms with Crippen LogP contribution in [-0.2, 0) is 14.3 Å². The lowest BCUT2D eigenvalue weighted by molar-refractivity contribution is -0.138. The number of nitrogens with zero attached hydrogens (tertiary/aromatic N) is 2. The fraction of sp³-hybridized carbons (Fsp3) is 0.778. The molecule has 6 heteroatoms. The lowest BCUT2D eigenvalue weighted by atomic mass is 10.5. The van der Waals surface area contributed by atoms with Crippen LogP contribution >= 0.6 is 11.8 Å². The average Bonchev–Trinajstić information content (AvgIpc) is 2.31. The Bertz CT molecular complexity index is 240. The van der Waals surface area contributed by atoms with Crippen LogP contribution in [-0.4, -0.2) is 62.3 Å². The van der Waals surface area contributed by atoms with Gasteiger partial charge in [0.15, 0.2) is 5.17 Å². The van der Waals surface area contributed by atoms with Crippen molar-refractivity contribution >= 4 is 22.9 Å². The quantitative estimate of drug-likeness (QED) is 0.387. The molecule has 0 aromatic rings. The highest BCUT2D eigenvalue weighted by molar-refractivity contribution is 8.13. The molecule has 1 heterocycles. The minimum absolute atomic E-state index is 0.0873. The van der Waals surface area contributed by atoms with E-state index in [1.54, 1.807) is 11.8 Å². The molecule has 0 unspecified atom stereocenters. The number of carbonyl (C=O) groups excluding carboxylic acids is 1. The molecule has 0 bridgehead atoms. The highest BCUT2D eigenvalue weighted by Gasteiger charge is 2.14. The summed E-state index contributed by atoms with van der Waals surface area (Å²) in [7, 11) is 1.37. The molecule has 1 fully saturated rings. The van der Waals surface area contributed by atoms with Crippen molar-refractivity contribution in [2.45, 2.75) is 0 Å². The van der Waals surface area contributed by atoms with Gasteiger partial charge in [0.1, 0.15) is 6.54 Å². The molecule has 1 saturated heterocycles. The zero-order valence-electron chi connectivity index (χ0n) is 9.06. The number of amidine groups is 1. The number of carbonyl (C=O) groups is 1. The summed E-state index contributed by atoms with van der Waals surface area (Å²) in [6.07, 6.45) is 1.95. The van der Waals surface area contributed by atoms with E-state index in [-0.39, 0.29) is 12.5 Å². The normalized spacial score (nSPS) is 17.7. The largest absolute Gasteiger partial charge is 0.468 e. The Morgan fingerprint density at radius 3 is 2.73 bits per heavy atom. The second-order valence-electron chi connectivity index (χ2n) is 2.98. The molecule has 0 spiro atoms. The summed E-state index contributed by atoms with van der Waals surface area (Å²) in [6.45, 7) is 3.20. The molecule has 5 nitrogen and oxygen atoms in total. The number of thioether (sulfide) groups is 1. The first-order valence-corrected chi connectivity index (χ1v) is 5.98. The van der Waals surface area contributed by atoms with Gasteiger partial charge in [0.05, 0.1) is 20.3 Å². The van der Waals surface area contributed by atoms with Crippen LogP contribution in [0, 0.1) is 0 Å². The van der Waals surface area contributed by atoms with Crippen LogP contribution in [0.25, 0.3) is 0 Å². The molecule has 0 N–H and O–H groups in total. The van der Waals surface area contributed by atoms with Crippen molar-refractivity contribution in [3.05, 3.63) is 0 Å². The summed E-state index contributed by atoms with van der Waals surface area (Å²) >= 11 is 1.54. The summed E-state index contributed by atoms with van der Waals surface area (Å²) < 4.78 is 9.78. The number of esters is 1. The lowest BCUT2D eigenvalue weighted by Gasteiger charge is -2.28. The molecular weight excluding hydrogens is 216 g/mol. The third-order valence-corrected chi connectivity index (χ3v) is 2.79. The molecule has 1 rings (SSSR count). The Morgan fingerprint density at radius 2 is 2.20 bits per heavy atom. The predicted octanol–water partition coefficient (Wildman–Crippen LogP) is 0.211. The second-order valence-corrected chi connectivity index (χ2v) is 3.75. The second kappa shape index (κ2) is 6.68. The number of methoxy groups -OCH3 is 1. The van der Waals surface area contributed by atoms with Gasteiger partial charge in [0.2, 0.25) is 0 Å². The summed E-state index contributed by atoms with van der Waals surface area (Å²) in [5.74, 6) is -0.310. The van der Waals surface area contributed by atoms with E-state index < -0.39 is 0 Å². The van der Waals surface area contributed by atoms with Gasteiger partial charge in [-0.15, -0.1) is 0 Å². The van der Waals surface area contributed by atoms with E-state index >= 15 is 0 Å². The maximum atomic E-state index is 10.9. The van der Waals surface area contributed by atoms with Gasteiger partial charge in [-0.3, -0.25) is 9.79 Å². The number of aliphatic imine (C=N–C) groups is 1. The zero-order chi connectivity index (χ0) is 11.1. The maximum Gasteiger partial charge on any atom is 0.327 e. The van der Waals surface area contributed by atoms with Crippen molar-refractivity contribution in [2.24, 2.45) is 4.99 Å². The molecule has 15 heavy (non-hydrogen) atoms. The predicted molar refractivity (Wildman–Crippen MR) is 60.2 cm³/mol. The topological polar surface area (TPSA) is 51.1 Å². The first kappa shape index (κ1) is 12.3. The number of ether oxygens (including phenoxy) is 2. The number of rotatable bonds is 2. The van der Waals surface area contributed by atoms with E-state index in [2.05, 4.69) is 14.6 Å². The fourth-order valence-electron chi connectivity index (χ4n) is 1.25. The minimum Gasteiger partial charge on any atom is -0.468 e. The summed E-state index contributed by atoms with van der Waals surface area (Å²) in [5.41, 5.74) is 0. The van der Waals surface area contributed by atoms with Gasteiger partial charge >= 0.3 is 5.97 Å². The molecule has 1 aliphatic rings. The van der Waals surface area contributed by atoms with Crippen molar-refractivity contribution in [1.29, 1.82) is 0 Å². The number of hydrogen-bond donors (Lipinski definition) is 0. The zero-order valence-corrected chi connectivity index (χ0v) is 9.88. The van der Waals surface area contributed by atoms with E-state index in [0.717, 1.165) is 31.5 Å². The molecular formula is C9H16N2O3S. The number of morpholine rings is 1. The van der Waals surface area contributed by atoms with Gasteiger partial charge in [0.25, 0.3) is 0 Å². The SMILES string of the molecule is COC(=O)CN=C(SC)N1CCOCC1. The fourth-order valence-corrected chi connectivity index (χ4v) is 1.88. The van der Waals surface area contributed by atoms with Crippen molar-refractivity contribution in [1.82, 2.24) is 4.90 Å². The van der Waals surface area contributed by atoms with E-state index in [9.17, 15) is 4.79 Å². The molecule has 0 aromatic carbocycles. The Labute approximate surface area is 93.8 Å². The van der Waals surface area contributed by atoms with Crippen LogP contribution in [0.5, 0.6) is 0 Å². The number of hydrogen-bond acceptors (Lipinski definition) is 5. The Kier molecular flexibility index (Phi) is 5.49. The van der Waals surface area contributed by atoms with E-state index in [1.807, 2.05) is 6.26 Å². The lowest BCUT2D eigenvalue weighted by Crippen LogP contribution is -2.39. The molecule has 0 radical (unpaired) electrons. The molecule has 0 saturated carbocycles. The molecule has 0 aromatic heterocycles. The van der Waals surface area contributed by atoms with Crippen molar-refractivity contribution < 1.29 is 14.3 Å². The Balaban J connectivity index is 2.48. The molecule has 1 aliphatic heterocycles. The Morgan fingerprint density at radius 1 is 1.53 bits per heavy atom.